The van der Waals surface area contributed by atoms with Crippen molar-refractivity contribution in [2.75, 3.05) is 11.9 Å². The standard InChI is InChI=1S/C34H42N4O13S/c1-17(2)26(37-23(39)7-5-4-6-14-38-24(40)12-13-25(38)41)32(46)35-18(3)31(45)36-21-10-8-20(16-50-34(49)52)19(15-21)9-11-22-27(42)28(43)29(44)30(51-22)33(47)48/h8,10,12-13,15,17-18,22,26-30,42-44H,4-7,14,16H2,1-3H3,(H,35,46)(H,36,45)(H,37,39)(H,47,48)(H,49,52)/t18-,22-,26-,27-,28+,29-,30-/m0/s1. The first-order valence-electron chi connectivity index (χ1n) is 16.4. The van der Waals surface area contributed by atoms with Crippen molar-refractivity contribution in [2.24, 2.45) is 5.92 Å². The first-order valence-corrected chi connectivity index (χ1v) is 16.8. The number of aliphatic carboxylic acids is 1. The van der Waals surface area contributed by atoms with E-state index >= 15 is 0 Å². The van der Waals surface area contributed by atoms with Crippen molar-refractivity contribution >= 4 is 59.1 Å². The molecule has 1 aromatic rings. The van der Waals surface area contributed by atoms with Crippen LogP contribution in [0.1, 0.15) is 57.6 Å². The van der Waals surface area contributed by atoms with Crippen LogP contribution in [0.3, 0.4) is 0 Å². The van der Waals surface area contributed by atoms with E-state index in [4.69, 9.17) is 9.47 Å². The number of unbranched alkanes of at least 4 members (excludes halogenated alkanes) is 2. The average Bonchev–Trinajstić information content (AvgIpc) is 3.40. The molecule has 1 aromatic carbocycles. The normalized spacial score (nSPS) is 22.2. The minimum absolute atomic E-state index is 0.107. The molecule has 2 aliphatic heterocycles. The van der Waals surface area contributed by atoms with Crippen molar-refractivity contribution in [3.63, 3.8) is 0 Å². The number of imide groups is 1. The second kappa shape index (κ2) is 19.2. The zero-order valence-electron chi connectivity index (χ0n) is 28.6. The number of benzene rings is 1. The molecule has 17 nitrogen and oxygen atoms in total. The summed E-state index contributed by atoms with van der Waals surface area (Å²) in [6.45, 7) is 4.83. The van der Waals surface area contributed by atoms with Crippen LogP contribution in [0.15, 0.2) is 30.4 Å². The van der Waals surface area contributed by atoms with Gasteiger partial charge in [0.1, 0.15) is 43.1 Å². The van der Waals surface area contributed by atoms with Gasteiger partial charge in [0.25, 0.3) is 11.8 Å². The number of nitrogens with one attached hydrogen (secondary N) is 3. The van der Waals surface area contributed by atoms with Crippen LogP contribution < -0.4 is 16.0 Å². The van der Waals surface area contributed by atoms with Gasteiger partial charge >= 0.3 is 11.3 Å². The number of hydrogen-bond acceptors (Lipinski definition) is 12. The fraction of sp³-hybridized carbons (Fsp3) is 0.500. The maximum atomic E-state index is 13.1. The predicted molar refractivity (Wildman–Crippen MR) is 184 cm³/mol. The number of carbonyl (C=O) groups is 7. The summed E-state index contributed by atoms with van der Waals surface area (Å²) >= 11 is 3.56. The molecule has 282 valence electrons. The van der Waals surface area contributed by atoms with E-state index in [9.17, 15) is 54.0 Å². The monoisotopic (exact) mass is 746 g/mol. The van der Waals surface area contributed by atoms with E-state index in [0.717, 1.165) is 4.90 Å². The second-order valence-electron chi connectivity index (χ2n) is 12.5. The van der Waals surface area contributed by atoms with Crippen molar-refractivity contribution in [3.8, 4) is 11.8 Å². The Labute approximate surface area is 304 Å². The number of carboxylic acid groups (broad SMARTS) is 1. The first-order chi connectivity index (χ1) is 24.5. The SMILES string of the molecule is CC(C)[C@H](NC(=O)CCCCCN1C(=O)C=CC1=O)C(=O)N[C@@H](C)C(=O)Nc1ccc(COC(=O)S)c(C#C[C@@H]2O[C@H](C(=O)O)[C@@H](O)[C@H](O)[C@H]2O)c1. The molecule has 0 radical (unpaired) electrons. The van der Waals surface area contributed by atoms with Crippen molar-refractivity contribution < 1.29 is 63.5 Å². The van der Waals surface area contributed by atoms with Crippen LogP contribution in [-0.4, -0.2) is 115 Å². The first kappa shape index (κ1) is 41.6. The summed E-state index contributed by atoms with van der Waals surface area (Å²) < 4.78 is 10.1. The van der Waals surface area contributed by atoms with Crippen LogP contribution in [-0.2, 0) is 44.8 Å². The molecule has 1 fully saturated rings. The summed E-state index contributed by atoms with van der Waals surface area (Å²) in [4.78, 5) is 86.0. The highest BCUT2D eigenvalue weighted by Crippen LogP contribution is 2.22. The molecule has 0 bridgehead atoms. The smallest absolute Gasteiger partial charge is 0.364 e. The van der Waals surface area contributed by atoms with E-state index in [2.05, 4.69) is 40.4 Å². The number of anilines is 1. The van der Waals surface area contributed by atoms with Crippen LogP contribution in [0.4, 0.5) is 10.5 Å². The lowest BCUT2D eigenvalue weighted by Crippen LogP contribution is -2.59. The second-order valence-corrected chi connectivity index (χ2v) is 12.8. The summed E-state index contributed by atoms with van der Waals surface area (Å²) in [6.07, 6.45) is -4.89. The maximum absolute atomic E-state index is 13.1. The van der Waals surface area contributed by atoms with Crippen LogP contribution >= 0.6 is 12.6 Å². The summed E-state index contributed by atoms with van der Waals surface area (Å²) in [5.74, 6) is 0.885. The third-order valence-electron chi connectivity index (χ3n) is 8.14. The molecule has 0 spiro atoms. The highest BCUT2D eigenvalue weighted by molar-refractivity contribution is 7.96. The molecule has 18 heteroatoms. The highest BCUT2D eigenvalue weighted by atomic mass is 32.1. The Morgan fingerprint density at radius 1 is 0.942 bits per heavy atom. The van der Waals surface area contributed by atoms with E-state index < -0.39 is 65.7 Å². The van der Waals surface area contributed by atoms with Crippen LogP contribution in [0.25, 0.3) is 0 Å². The zero-order chi connectivity index (χ0) is 38.7. The average molecular weight is 747 g/mol. The number of carboxylic acids is 1. The number of amides is 5. The number of nitrogens with zero attached hydrogens (tertiary/aromatic N) is 1. The van der Waals surface area contributed by atoms with Gasteiger partial charge in [-0.1, -0.05) is 50.8 Å². The van der Waals surface area contributed by atoms with Gasteiger partial charge in [-0.05, 0) is 37.8 Å². The number of rotatable bonds is 15. The molecule has 2 aliphatic rings. The Morgan fingerprint density at radius 2 is 1.62 bits per heavy atom. The topological polar surface area (TPSA) is 258 Å². The van der Waals surface area contributed by atoms with Crippen LogP contribution in [0, 0.1) is 17.8 Å². The minimum Gasteiger partial charge on any atom is -0.479 e. The molecule has 1 saturated heterocycles. The summed E-state index contributed by atoms with van der Waals surface area (Å²) in [5.41, 5.74) is 0.647. The number of ether oxygens (including phenoxy) is 2. The number of aliphatic hydroxyl groups is 3. The number of aliphatic hydroxyl groups excluding tert-OH is 3. The lowest BCUT2D eigenvalue weighted by molar-refractivity contribution is -0.215. The lowest BCUT2D eigenvalue weighted by atomic mass is 9.95. The largest absolute Gasteiger partial charge is 0.479 e. The highest BCUT2D eigenvalue weighted by Gasteiger charge is 2.46. The Bertz CT molecular complexity index is 1620. The van der Waals surface area contributed by atoms with E-state index in [1.54, 1.807) is 13.8 Å². The third kappa shape index (κ3) is 11.6. The van der Waals surface area contributed by atoms with Crippen molar-refractivity contribution in [1.29, 1.82) is 0 Å². The molecule has 0 saturated carbocycles. The Kier molecular flexibility index (Phi) is 15.3. The maximum Gasteiger partial charge on any atom is 0.364 e. The number of thiol groups is 1. The number of hydrogen-bond donors (Lipinski definition) is 8. The molecule has 2 heterocycles. The van der Waals surface area contributed by atoms with Crippen molar-refractivity contribution in [2.45, 2.75) is 95.7 Å². The van der Waals surface area contributed by atoms with Gasteiger partial charge in [-0.2, -0.15) is 0 Å². The molecule has 7 atom stereocenters. The van der Waals surface area contributed by atoms with Crippen LogP contribution in [0.5, 0.6) is 0 Å². The van der Waals surface area contributed by atoms with E-state index in [-0.39, 0.29) is 54.5 Å². The Hall–Kier alpha value is -4.80. The summed E-state index contributed by atoms with van der Waals surface area (Å²) in [6, 6.07) is 2.26. The quantitative estimate of drug-likeness (QED) is 0.0375. The zero-order valence-corrected chi connectivity index (χ0v) is 29.5. The van der Waals surface area contributed by atoms with Gasteiger partial charge in [0.2, 0.25) is 17.7 Å². The van der Waals surface area contributed by atoms with Crippen LogP contribution in [0.2, 0.25) is 0 Å². The Morgan fingerprint density at radius 3 is 2.23 bits per heavy atom. The summed E-state index contributed by atoms with van der Waals surface area (Å²) in [5, 5.41) is 46.6. The van der Waals surface area contributed by atoms with Gasteiger partial charge in [-0.25, -0.2) is 9.59 Å². The molecule has 52 heavy (non-hydrogen) atoms. The molecule has 0 aromatic heterocycles. The Balaban J connectivity index is 1.61. The van der Waals surface area contributed by atoms with Gasteiger partial charge in [0.15, 0.2) is 6.10 Å². The fourth-order valence-electron chi connectivity index (χ4n) is 5.17. The predicted octanol–water partition coefficient (Wildman–Crippen LogP) is -0.391. The molecule has 0 aliphatic carbocycles. The molecule has 0 unspecified atom stereocenters. The van der Waals surface area contributed by atoms with E-state index in [1.165, 1.54) is 37.3 Å². The third-order valence-corrected chi connectivity index (χ3v) is 8.27. The van der Waals surface area contributed by atoms with Gasteiger partial charge in [-0.3, -0.25) is 28.9 Å². The lowest BCUT2D eigenvalue weighted by Gasteiger charge is -2.36. The van der Waals surface area contributed by atoms with Gasteiger partial charge < -0.3 is 45.9 Å². The van der Waals surface area contributed by atoms with E-state index in [0.29, 0.717) is 24.8 Å². The van der Waals surface area contributed by atoms with Crippen molar-refractivity contribution in [1.82, 2.24) is 15.5 Å². The van der Waals surface area contributed by atoms with Gasteiger partial charge in [0.05, 0.1) is 0 Å². The minimum atomic E-state index is -1.91. The summed E-state index contributed by atoms with van der Waals surface area (Å²) in [7, 11) is 0. The fourth-order valence-corrected chi connectivity index (χ4v) is 5.24. The van der Waals surface area contributed by atoms with Gasteiger partial charge in [0, 0.05) is 41.9 Å². The van der Waals surface area contributed by atoms with E-state index in [1.807, 2.05) is 0 Å². The van der Waals surface area contributed by atoms with Crippen molar-refractivity contribution in [3.05, 3.63) is 41.5 Å². The molecule has 7 N–H and O–H groups in total. The molecular formula is C34H42N4O13S. The number of carbonyl (C=O) groups excluding carboxylic acids is 6. The molecular weight excluding hydrogens is 704 g/mol. The molecule has 5 amide bonds. The van der Waals surface area contributed by atoms with Gasteiger partial charge in [-0.15, -0.1) is 0 Å². The molecule has 3 rings (SSSR count).